The number of primary amides is 1. The molecule has 4 rings (SSSR count). The quantitative estimate of drug-likeness (QED) is 0.589. The van der Waals surface area contributed by atoms with Crippen LogP contribution in [-0.4, -0.2) is 49.7 Å². The molecule has 3 aromatic rings. The first kappa shape index (κ1) is 21.5. The number of nitrogens with zero attached hydrogens (tertiary/aromatic N) is 2. The van der Waals surface area contributed by atoms with Crippen LogP contribution in [0.3, 0.4) is 0 Å². The predicted octanol–water partition coefficient (Wildman–Crippen LogP) is 3.19. The number of para-hydroxylation sites is 1. The molecule has 0 bridgehead atoms. The number of nitrogens with one attached hydrogen (secondary N) is 1. The van der Waals surface area contributed by atoms with Gasteiger partial charge in [-0.1, -0.05) is 18.2 Å². The number of pyridine rings is 1. The molecule has 1 amide bonds. The maximum Gasteiger partial charge on any atom is 0.262 e. The van der Waals surface area contributed by atoms with E-state index in [4.69, 9.17) is 19.9 Å². The Morgan fingerprint density at radius 1 is 1.22 bits per heavy atom. The molecule has 0 fully saturated rings. The number of hydrogen-bond acceptors (Lipinski definition) is 7. The Labute approximate surface area is 186 Å². The molecule has 1 aromatic heterocycles. The largest absolute Gasteiger partial charge is 0.485 e. The number of benzene rings is 2. The minimum absolute atomic E-state index is 0.0816. The van der Waals surface area contributed by atoms with E-state index in [-0.39, 0.29) is 6.61 Å². The highest BCUT2D eigenvalue weighted by atomic mass is 16.6. The summed E-state index contributed by atoms with van der Waals surface area (Å²) in [6.45, 7) is 0.926. The molecule has 0 saturated carbocycles. The molecule has 0 spiro atoms. The molecular formula is C24H26N4O4. The zero-order chi connectivity index (χ0) is 22.7. The molecule has 8 nitrogen and oxygen atoms in total. The third kappa shape index (κ3) is 4.60. The van der Waals surface area contributed by atoms with Gasteiger partial charge in [-0.05, 0) is 56.1 Å². The van der Waals surface area contributed by atoms with Crippen LogP contribution in [0.5, 0.6) is 17.4 Å². The zero-order valence-corrected chi connectivity index (χ0v) is 18.3. The van der Waals surface area contributed by atoms with E-state index in [1.54, 1.807) is 13.2 Å². The van der Waals surface area contributed by atoms with Crippen LogP contribution in [0.25, 0.3) is 11.3 Å². The van der Waals surface area contributed by atoms with Crippen molar-refractivity contribution in [3.8, 4) is 28.6 Å². The lowest BCUT2D eigenvalue weighted by molar-refractivity contribution is -0.126. The molecule has 1 aliphatic heterocycles. The van der Waals surface area contributed by atoms with Crippen LogP contribution in [0.2, 0.25) is 0 Å². The van der Waals surface area contributed by atoms with Gasteiger partial charge in [0, 0.05) is 17.8 Å². The van der Waals surface area contributed by atoms with E-state index < -0.39 is 12.0 Å². The summed E-state index contributed by atoms with van der Waals surface area (Å²) in [5.41, 5.74) is 9.58. The summed E-state index contributed by atoms with van der Waals surface area (Å²) in [7, 11) is 5.64. The maximum absolute atomic E-state index is 11.6. The van der Waals surface area contributed by atoms with Gasteiger partial charge >= 0.3 is 0 Å². The standard InChI is InChI=1S/C24H26N4O4/c1-28(2)13-15-6-4-7-16(12-15)26-19-11-10-18(27-24(19)30-3)17-8-5-9-20-22(17)32-21(14-31-20)23(25)29/h4-12,21,26H,13-14H2,1-3H3,(H2,25,29). The third-order valence-electron chi connectivity index (χ3n) is 4.98. The van der Waals surface area contributed by atoms with E-state index in [1.165, 1.54) is 5.56 Å². The number of carbonyl (C=O) groups is 1. The maximum atomic E-state index is 11.6. The van der Waals surface area contributed by atoms with Crippen LogP contribution in [0, 0.1) is 0 Å². The Morgan fingerprint density at radius 2 is 2.03 bits per heavy atom. The van der Waals surface area contributed by atoms with Crippen molar-refractivity contribution in [3.05, 3.63) is 60.2 Å². The molecule has 1 atom stereocenters. The van der Waals surface area contributed by atoms with Crippen molar-refractivity contribution in [2.75, 3.05) is 33.1 Å². The topological polar surface area (TPSA) is 98.9 Å². The van der Waals surface area contributed by atoms with Gasteiger partial charge in [-0.2, -0.15) is 0 Å². The van der Waals surface area contributed by atoms with Crippen LogP contribution >= 0.6 is 0 Å². The number of carbonyl (C=O) groups excluding carboxylic acids is 1. The number of aromatic nitrogens is 1. The number of amides is 1. The molecule has 1 aliphatic rings. The fraction of sp³-hybridized carbons (Fsp3) is 0.250. The van der Waals surface area contributed by atoms with E-state index in [0.717, 1.165) is 17.9 Å². The van der Waals surface area contributed by atoms with Gasteiger partial charge in [0.2, 0.25) is 12.0 Å². The van der Waals surface area contributed by atoms with Crippen LogP contribution in [-0.2, 0) is 11.3 Å². The highest BCUT2D eigenvalue weighted by molar-refractivity contribution is 5.81. The van der Waals surface area contributed by atoms with Crippen molar-refractivity contribution in [1.82, 2.24) is 9.88 Å². The van der Waals surface area contributed by atoms with Gasteiger partial charge < -0.3 is 30.2 Å². The number of ether oxygens (including phenoxy) is 3. The first-order valence-electron chi connectivity index (χ1n) is 10.2. The third-order valence-corrected chi connectivity index (χ3v) is 4.98. The molecule has 0 radical (unpaired) electrons. The predicted molar refractivity (Wildman–Crippen MR) is 122 cm³/mol. The molecule has 8 heteroatoms. The molecule has 1 unspecified atom stereocenters. The van der Waals surface area contributed by atoms with Crippen LogP contribution < -0.4 is 25.3 Å². The van der Waals surface area contributed by atoms with Gasteiger partial charge in [0.25, 0.3) is 5.91 Å². The number of methoxy groups -OCH3 is 1. The van der Waals surface area contributed by atoms with Crippen molar-refractivity contribution < 1.29 is 19.0 Å². The molecule has 3 N–H and O–H groups in total. The summed E-state index contributed by atoms with van der Waals surface area (Å²) in [6, 6.07) is 17.4. The van der Waals surface area contributed by atoms with E-state index in [0.29, 0.717) is 28.6 Å². The second-order valence-corrected chi connectivity index (χ2v) is 7.77. The van der Waals surface area contributed by atoms with Crippen LogP contribution in [0.1, 0.15) is 5.56 Å². The number of rotatable bonds is 7. The lowest BCUT2D eigenvalue weighted by atomic mass is 10.1. The summed E-state index contributed by atoms with van der Waals surface area (Å²) in [4.78, 5) is 18.4. The Kier molecular flexibility index (Phi) is 6.13. The van der Waals surface area contributed by atoms with Crippen molar-refractivity contribution in [1.29, 1.82) is 0 Å². The minimum Gasteiger partial charge on any atom is -0.485 e. The van der Waals surface area contributed by atoms with E-state index >= 15 is 0 Å². The minimum atomic E-state index is -0.846. The van der Waals surface area contributed by atoms with Gasteiger partial charge in [0.15, 0.2) is 11.5 Å². The van der Waals surface area contributed by atoms with Crippen LogP contribution in [0.4, 0.5) is 11.4 Å². The van der Waals surface area contributed by atoms with Crippen molar-refractivity contribution >= 4 is 17.3 Å². The first-order chi connectivity index (χ1) is 15.4. The highest BCUT2D eigenvalue weighted by Gasteiger charge is 2.28. The molecule has 2 heterocycles. The van der Waals surface area contributed by atoms with Gasteiger partial charge in [-0.15, -0.1) is 0 Å². The van der Waals surface area contributed by atoms with E-state index in [2.05, 4.69) is 27.3 Å². The molecular weight excluding hydrogens is 408 g/mol. The summed E-state index contributed by atoms with van der Waals surface area (Å²) in [5.74, 6) is 0.836. The van der Waals surface area contributed by atoms with Crippen molar-refractivity contribution in [2.24, 2.45) is 5.73 Å². The van der Waals surface area contributed by atoms with Crippen molar-refractivity contribution in [3.63, 3.8) is 0 Å². The average Bonchev–Trinajstić information content (AvgIpc) is 2.78. The molecule has 166 valence electrons. The molecule has 0 saturated heterocycles. The summed E-state index contributed by atoms with van der Waals surface area (Å²) >= 11 is 0. The molecule has 2 aromatic carbocycles. The Morgan fingerprint density at radius 3 is 2.78 bits per heavy atom. The monoisotopic (exact) mass is 434 g/mol. The van der Waals surface area contributed by atoms with Crippen LogP contribution in [0.15, 0.2) is 54.6 Å². The SMILES string of the molecule is COc1nc(-c2cccc3c2OC(C(N)=O)CO3)ccc1Nc1cccc(CN(C)C)c1. The first-order valence-corrected chi connectivity index (χ1v) is 10.2. The fourth-order valence-corrected chi connectivity index (χ4v) is 3.54. The second kappa shape index (κ2) is 9.15. The molecule has 0 aliphatic carbocycles. The van der Waals surface area contributed by atoms with Gasteiger partial charge in [0.1, 0.15) is 12.3 Å². The lowest BCUT2D eigenvalue weighted by Crippen LogP contribution is -2.41. The normalized spacial score (nSPS) is 14.8. The Balaban J connectivity index is 1.64. The van der Waals surface area contributed by atoms with Gasteiger partial charge in [-0.3, -0.25) is 4.79 Å². The van der Waals surface area contributed by atoms with Gasteiger partial charge in [-0.25, -0.2) is 4.98 Å². The van der Waals surface area contributed by atoms with Crippen molar-refractivity contribution in [2.45, 2.75) is 12.6 Å². The Bertz CT molecular complexity index is 1130. The van der Waals surface area contributed by atoms with Gasteiger partial charge in [0.05, 0.1) is 12.8 Å². The highest BCUT2D eigenvalue weighted by Crippen LogP contribution is 2.41. The van der Waals surface area contributed by atoms with E-state index in [1.807, 2.05) is 50.5 Å². The number of anilines is 2. The number of fused-ring (bicyclic) bond motifs is 1. The number of hydrogen-bond donors (Lipinski definition) is 2. The Hall–Kier alpha value is -3.78. The zero-order valence-electron chi connectivity index (χ0n) is 18.3. The lowest BCUT2D eigenvalue weighted by Gasteiger charge is -2.26. The second-order valence-electron chi connectivity index (χ2n) is 7.77. The summed E-state index contributed by atoms with van der Waals surface area (Å²) < 4.78 is 17.0. The summed E-state index contributed by atoms with van der Waals surface area (Å²) in [5, 5.41) is 3.38. The van der Waals surface area contributed by atoms with E-state index in [9.17, 15) is 4.79 Å². The smallest absolute Gasteiger partial charge is 0.262 e. The fourth-order valence-electron chi connectivity index (χ4n) is 3.54. The number of nitrogens with two attached hydrogens (primary N) is 1. The summed E-state index contributed by atoms with van der Waals surface area (Å²) in [6.07, 6.45) is -0.846. The molecule has 32 heavy (non-hydrogen) atoms. The average molecular weight is 434 g/mol.